The van der Waals surface area contributed by atoms with Crippen LogP contribution in [0.25, 0.3) is 0 Å². The van der Waals surface area contributed by atoms with Crippen molar-refractivity contribution in [2.45, 2.75) is 25.9 Å². The first-order chi connectivity index (χ1) is 8.52. The zero-order chi connectivity index (χ0) is 13.5. The Hall–Kier alpha value is -1.75. The molecule has 2 amide bonds. The third-order valence-electron chi connectivity index (χ3n) is 2.38. The molecule has 1 atom stereocenters. The summed E-state index contributed by atoms with van der Waals surface area (Å²) in [6.07, 6.45) is 0.337. The Kier molecular flexibility index (Phi) is 5.45. The highest BCUT2D eigenvalue weighted by molar-refractivity contribution is 6.30. The van der Waals surface area contributed by atoms with Crippen LogP contribution in [0.2, 0.25) is 5.02 Å². The molecule has 18 heavy (non-hydrogen) atoms. The molecule has 0 aliphatic rings. The lowest BCUT2D eigenvalue weighted by molar-refractivity contribution is -0.139. The minimum atomic E-state index is -1.04. The summed E-state index contributed by atoms with van der Waals surface area (Å²) >= 11 is 5.73. The molecule has 5 nitrogen and oxygen atoms in total. The second-order valence-electron chi connectivity index (χ2n) is 3.75. The zero-order valence-electron chi connectivity index (χ0n) is 9.94. The van der Waals surface area contributed by atoms with Crippen molar-refractivity contribution >= 4 is 23.6 Å². The summed E-state index contributed by atoms with van der Waals surface area (Å²) in [5.41, 5.74) is 0.887. The van der Waals surface area contributed by atoms with Gasteiger partial charge >= 0.3 is 12.0 Å². The number of hydrogen-bond acceptors (Lipinski definition) is 2. The van der Waals surface area contributed by atoms with Gasteiger partial charge in [-0.2, -0.15) is 0 Å². The third kappa shape index (κ3) is 4.63. The minimum absolute atomic E-state index is 0.319. The molecule has 1 rings (SSSR count). The van der Waals surface area contributed by atoms with Gasteiger partial charge in [-0.1, -0.05) is 30.7 Å². The normalized spacial score (nSPS) is 11.7. The fourth-order valence-electron chi connectivity index (χ4n) is 1.33. The van der Waals surface area contributed by atoms with E-state index in [9.17, 15) is 9.59 Å². The van der Waals surface area contributed by atoms with Gasteiger partial charge in [-0.25, -0.2) is 9.59 Å². The molecule has 1 aromatic carbocycles. The molecule has 0 saturated carbocycles. The van der Waals surface area contributed by atoms with Crippen LogP contribution in [0.1, 0.15) is 18.9 Å². The van der Waals surface area contributed by atoms with Gasteiger partial charge in [0.15, 0.2) is 0 Å². The van der Waals surface area contributed by atoms with Crippen molar-refractivity contribution in [3.8, 4) is 0 Å². The molecule has 0 fully saturated rings. The number of carbonyl (C=O) groups excluding carboxylic acids is 1. The number of carboxylic acids is 1. The van der Waals surface area contributed by atoms with Gasteiger partial charge in [0.2, 0.25) is 0 Å². The second kappa shape index (κ2) is 6.86. The molecule has 0 heterocycles. The Morgan fingerprint density at radius 2 is 1.94 bits per heavy atom. The van der Waals surface area contributed by atoms with Crippen molar-refractivity contribution in [3.63, 3.8) is 0 Å². The molecular weight excluding hydrogens is 256 g/mol. The van der Waals surface area contributed by atoms with Crippen molar-refractivity contribution in [1.29, 1.82) is 0 Å². The van der Waals surface area contributed by atoms with Crippen LogP contribution in [-0.4, -0.2) is 23.1 Å². The third-order valence-corrected chi connectivity index (χ3v) is 2.63. The maximum atomic E-state index is 11.4. The molecule has 0 bridgehead atoms. The van der Waals surface area contributed by atoms with E-state index in [4.69, 9.17) is 16.7 Å². The van der Waals surface area contributed by atoms with Gasteiger partial charge in [0.25, 0.3) is 0 Å². The van der Waals surface area contributed by atoms with Gasteiger partial charge < -0.3 is 15.7 Å². The molecule has 0 radical (unpaired) electrons. The van der Waals surface area contributed by atoms with Gasteiger partial charge in [0, 0.05) is 11.6 Å². The molecule has 0 aromatic heterocycles. The summed E-state index contributed by atoms with van der Waals surface area (Å²) in [6, 6.07) is 5.66. The molecule has 3 N–H and O–H groups in total. The number of aliphatic carboxylic acids is 1. The van der Waals surface area contributed by atoms with E-state index in [-0.39, 0.29) is 0 Å². The van der Waals surface area contributed by atoms with Crippen molar-refractivity contribution in [1.82, 2.24) is 10.6 Å². The van der Waals surface area contributed by atoms with Crippen LogP contribution in [0, 0.1) is 0 Å². The quantitative estimate of drug-likeness (QED) is 0.766. The smallest absolute Gasteiger partial charge is 0.326 e. The number of carbonyl (C=O) groups is 2. The molecule has 1 aromatic rings. The first-order valence-electron chi connectivity index (χ1n) is 5.54. The van der Waals surface area contributed by atoms with E-state index in [2.05, 4.69) is 10.6 Å². The Labute approximate surface area is 110 Å². The number of hydrogen-bond donors (Lipinski definition) is 3. The average Bonchev–Trinajstić information content (AvgIpc) is 2.35. The van der Waals surface area contributed by atoms with Crippen LogP contribution in [0.15, 0.2) is 24.3 Å². The summed E-state index contributed by atoms with van der Waals surface area (Å²) in [5.74, 6) is -1.04. The van der Waals surface area contributed by atoms with Gasteiger partial charge in [0.1, 0.15) is 6.04 Å². The number of urea groups is 1. The molecule has 0 aliphatic heterocycles. The average molecular weight is 271 g/mol. The predicted molar refractivity (Wildman–Crippen MR) is 68.5 cm³/mol. The van der Waals surface area contributed by atoms with Gasteiger partial charge in [0.05, 0.1) is 0 Å². The summed E-state index contributed by atoms with van der Waals surface area (Å²) < 4.78 is 0. The van der Waals surface area contributed by atoms with Crippen LogP contribution < -0.4 is 10.6 Å². The molecule has 1 unspecified atom stereocenters. The second-order valence-corrected chi connectivity index (χ2v) is 4.19. The Balaban J connectivity index is 2.41. The van der Waals surface area contributed by atoms with E-state index in [1.165, 1.54) is 0 Å². The van der Waals surface area contributed by atoms with Crippen LogP contribution in [0.5, 0.6) is 0 Å². The Bertz CT molecular complexity index is 420. The Morgan fingerprint density at radius 1 is 1.33 bits per heavy atom. The Morgan fingerprint density at radius 3 is 2.44 bits per heavy atom. The summed E-state index contributed by atoms with van der Waals surface area (Å²) in [5, 5.41) is 14.4. The van der Waals surface area contributed by atoms with Gasteiger partial charge in [-0.3, -0.25) is 0 Å². The molecular formula is C12H15ClN2O3. The number of benzene rings is 1. The van der Waals surface area contributed by atoms with Crippen LogP contribution in [0.3, 0.4) is 0 Å². The van der Waals surface area contributed by atoms with Gasteiger partial charge in [-0.05, 0) is 24.1 Å². The molecule has 98 valence electrons. The highest BCUT2D eigenvalue weighted by Crippen LogP contribution is 2.08. The number of nitrogens with one attached hydrogen (secondary N) is 2. The van der Waals surface area contributed by atoms with E-state index in [1.807, 2.05) is 0 Å². The minimum Gasteiger partial charge on any atom is -0.480 e. The fraction of sp³-hybridized carbons (Fsp3) is 0.333. The highest BCUT2D eigenvalue weighted by Gasteiger charge is 2.16. The van der Waals surface area contributed by atoms with Crippen LogP contribution >= 0.6 is 11.6 Å². The number of carboxylic acid groups (broad SMARTS) is 1. The first kappa shape index (κ1) is 14.3. The fourth-order valence-corrected chi connectivity index (χ4v) is 1.46. The summed E-state index contributed by atoms with van der Waals surface area (Å²) in [4.78, 5) is 22.2. The van der Waals surface area contributed by atoms with E-state index in [0.29, 0.717) is 18.0 Å². The lowest BCUT2D eigenvalue weighted by atomic mass is 10.2. The van der Waals surface area contributed by atoms with Crippen LogP contribution in [0.4, 0.5) is 4.79 Å². The number of rotatable bonds is 5. The number of halogens is 1. The molecule has 0 saturated heterocycles. The number of amides is 2. The van der Waals surface area contributed by atoms with Crippen molar-refractivity contribution in [2.24, 2.45) is 0 Å². The summed E-state index contributed by atoms with van der Waals surface area (Å²) in [6.45, 7) is 2.01. The topological polar surface area (TPSA) is 78.4 Å². The van der Waals surface area contributed by atoms with E-state index < -0.39 is 18.0 Å². The first-order valence-corrected chi connectivity index (χ1v) is 5.92. The highest BCUT2D eigenvalue weighted by atomic mass is 35.5. The lowest BCUT2D eigenvalue weighted by Crippen LogP contribution is -2.45. The van der Waals surface area contributed by atoms with Crippen LogP contribution in [-0.2, 0) is 11.3 Å². The standard InChI is InChI=1S/C12H15ClN2O3/c1-2-10(11(16)17)15-12(18)14-7-8-3-5-9(13)6-4-8/h3-6,10H,2,7H2,1H3,(H,16,17)(H2,14,15,18). The van der Waals surface area contributed by atoms with E-state index in [0.717, 1.165) is 5.56 Å². The largest absolute Gasteiger partial charge is 0.480 e. The molecule has 0 spiro atoms. The van der Waals surface area contributed by atoms with Crippen molar-refractivity contribution in [3.05, 3.63) is 34.9 Å². The maximum absolute atomic E-state index is 11.4. The molecule has 0 aliphatic carbocycles. The summed E-state index contributed by atoms with van der Waals surface area (Å²) in [7, 11) is 0. The molecule has 6 heteroatoms. The SMILES string of the molecule is CCC(NC(=O)NCc1ccc(Cl)cc1)C(=O)O. The lowest BCUT2D eigenvalue weighted by Gasteiger charge is -2.13. The van der Waals surface area contributed by atoms with Gasteiger partial charge in [-0.15, -0.1) is 0 Å². The zero-order valence-corrected chi connectivity index (χ0v) is 10.7. The van der Waals surface area contributed by atoms with E-state index >= 15 is 0 Å². The monoisotopic (exact) mass is 270 g/mol. The van der Waals surface area contributed by atoms with Crippen molar-refractivity contribution in [2.75, 3.05) is 0 Å². The maximum Gasteiger partial charge on any atom is 0.326 e. The van der Waals surface area contributed by atoms with Crippen molar-refractivity contribution < 1.29 is 14.7 Å². The van der Waals surface area contributed by atoms with E-state index in [1.54, 1.807) is 31.2 Å². The predicted octanol–water partition coefficient (Wildman–Crippen LogP) is 2.00.